The Labute approximate surface area is 125 Å². The molecule has 2 N–H and O–H groups in total. The SMILES string of the molecule is CCCNCc1ccc(S(=O)(=O)NCC(C)COC)s1. The van der Waals surface area contributed by atoms with Crippen LogP contribution in [0, 0.1) is 5.92 Å². The van der Waals surface area contributed by atoms with E-state index in [1.807, 2.05) is 13.0 Å². The Bertz CT molecular complexity index is 486. The highest BCUT2D eigenvalue weighted by atomic mass is 32.2. The lowest BCUT2D eigenvalue weighted by atomic mass is 10.2. The van der Waals surface area contributed by atoms with Gasteiger partial charge in [-0.2, -0.15) is 0 Å². The molecular formula is C13H24N2O3S2. The molecule has 116 valence electrons. The van der Waals surface area contributed by atoms with E-state index in [2.05, 4.69) is 17.0 Å². The van der Waals surface area contributed by atoms with Crippen LogP contribution >= 0.6 is 11.3 Å². The van der Waals surface area contributed by atoms with Crippen LogP contribution in [-0.4, -0.2) is 35.2 Å². The molecule has 1 heterocycles. The predicted octanol–water partition coefficient (Wildman–Crippen LogP) is 1.81. The van der Waals surface area contributed by atoms with Gasteiger partial charge in [-0.1, -0.05) is 13.8 Å². The van der Waals surface area contributed by atoms with Gasteiger partial charge in [-0.15, -0.1) is 11.3 Å². The lowest BCUT2D eigenvalue weighted by Gasteiger charge is -2.10. The zero-order valence-corrected chi connectivity index (χ0v) is 13.9. The van der Waals surface area contributed by atoms with Gasteiger partial charge in [0.05, 0.1) is 0 Å². The highest BCUT2D eigenvalue weighted by Crippen LogP contribution is 2.21. The fraction of sp³-hybridized carbons (Fsp3) is 0.692. The zero-order chi connectivity index (χ0) is 15.0. The average Bonchev–Trinajstić information content (AvgIpc) is 2.87. The molecule has 0 aliphatic carbocycles. The number of hydrogen-bond donors (Lipinski definition) is 2. The maximum atomic E-state index is 12.1. The number of rotatable bonds is 10. The van der Waals surface area contributed by atoms with Crippen molar-refractivity contribution in [3.63, 3.8) is 0 Å². The number of methoxy groups -OCH3 is 1. The van der Waals surface area contributed by atoms with Crippen LogP contribution in [0.2, 0.25) is 0 Å². The summed E-state index contributed by atoms with van der Waals surface area (Å²) in [5.74, 6) is 0.153. The number of nitrogens with one attached hydrogen (secondary N) is 2. The van der Waals surface area contributed by atoms with E-state index < -0.39 is 10.0 Å². The van der Waals surface area contributed by atoms with Crippen LogP contribution in [0.1, 0.15) is 25.1 Å². The van der Waals surface area contributed by atoms with Crippen LogP contribution in [0.15, 0.2) is 16.3 Å². The molecular weight excluding hydrogens is 296 g/mol. The Morgan fingerprint density at radius 3 is 2.80 bits per heavy atom. The van der Waals surface area contributed by atoms with Gasteiger partial charge in [-0.25, -0.2) is 13.1 Å². The molecule has 0 saturated carbocycles. The Morgan fingerprint density at radius 2 is 2.15 bits per heavy atom. The zero-order valence-electron chi connectivity index (χ0n) is 12.3. The normalized spacial score (nSPS) is 13.6. The van der Waals surface area contributed by atoms with Crippen molar-refractivity contribution >= 4 is 21.4 Å². The average molecular weight is 320 g/mol. The first-order valence-corrected chi connectivity index (χ1v) is 9.07. The van der Waals surface area contributed by atoms with Crippen LogP contribution < -0.4 is 10.0 Å². The minimum Gasteiger partial charge on any atom is -0.384 e. The molecule has 1 aromatic rings. The molecule has 1 unspecified atom stereocenters. The first-order chi connectivity index (χ1) is 9.49. The summed E-state index contributed by atoms with van der Waals surface area (Å²) >= 11 is 1.31. The topological polar surface area (TPSA) is 67.4 Å². The summed E-state index contributed by atoms with van der Waals surface area (Å²) in [6, 6.07) is 3.53. The minimum atomic E-state index is -3.40. The monoisotopic (exact) mass is 320 g/mol. The van der Waals surface area contributed by atoms with Crippen LogP contribution in [-0.2, 0) is 21.3 Å². The Morgan fingerprint density at radius 1 is 1.40 bits per heavy atom. The molecule has 0 saturated heterocycles. The van der Waals surface area contributed by atoms with Crippen molar-refractivity contribution in [1.82, 2.24) is 10.0 Å². The Balaban J connectivity index is 2.54. The second kappa shape index (κ2) is 8.74. The maximum Gasteiger partial charge on any atom is 0.250 e. The third-order valence-electron chi connectivity index (χ3n) is 2.70. The van der Waals surface area contributed by atoms with Crippen LogP contribution in [0.5, 0.6) is 0 Å². The Kier molecular flexibility index (Phi) is 7.68. The molecule has 0 spiro atoms. The third-order valence-corrected chi connectivity index (χ3v) is 5.70. The first-order valence-electron chi connectivity index (χ1n) is 6.77. The van der Waals surface area contributed by atoms with Crippen molar-refractivity contribution < 1.29 is 13.2 Å². The predicted molar refractivity (Wildman–Crippen MR) is 82.5 cm³/mol. The van der Waals surface area contributed by atoms with Gasteiger partial charge < -0.3 is 10.1 Å². The summed E-state index contributed by atoms with van der Waals surface area (Å²) in [5, 5.41) is 3.26. The van der Waals surface area contributed by atoms with Crippen molar-refractivity contribution in [1.29, 1.82) is 0 Å². The van der Waals surface area contributed by atoms with Gasteiger partial charge in [0.2, 0.25) is 10.0 Å². The molecule has 0 aliphatic rings. The van der Waals surface area contributed by atoms with Gasteiger partial charge >= 0.3 is 0 Å². The standard InChI is InChI=1S/C13H24N2O3S2/c1-4-7-14-9-12-5-6-13(19-12)20(16,17)15-8-11(2)10-18-3/h5-6,11,14-15H,4,7-10H2,1-3H3. The third kappa shape index (κ3) is 5.88. The molecule has 0 fully saturated rings. The van der Waals surface area contributed by atoms with Gasteiger partial charge in [-0.05, 0) is 31.0 Å². The molecule has 0 radical (unpaired) electrons. The van der Waals surface area contributed by atoms with E-state index in [9.17, 15) is 8.42 Å². The number of sulfonamides is 1. The second-order valence-electron chi connectivity index (χ2n) is 4.81. The lowest BCUT2D eigenvalue weighted by Crippen LogP contribution is -2.29. The van der Waals surface area contributed by atoms with E-state index in [-0.39, 0.29) is 5.92 Å². The van der Waals surface area contributed by atoms with Crippen LogP contribution in [0.3, 0.4) is 0 Å². The summed E-state index contributed by atoms with van der Waals surface area (Å²) in [4.78, 5) is 1.03. The van der Waals surface area contributed by atoms with E-state index in [1.54, 1.807) is 13.2 Å². The van der Waals surface area contributed by atoms with Gasteiger partial charge in [0, 0.05) is 31.7 Å². The fourth-order valence-corrected chi connectivity index (χ4v) is 4.19. The molecule has 0 amide bonds. The van der Waals surface area contributed by atoms with Crippen LogP contribution in [0.4, 0.5) is 0 Å². The highest BCUT2D eigenvalue weighted by Gasteiger charge is 2.17. The van der Waals surface area contributed by atoms with E-state index in [4.69, 9.17) is 4.74 Å². The fourth-order valence-electron chi connectivity index (χ4n) is 1.65. The molecule has 0 bridgehead atoms. The second-order valence-corrected chi connectivity index (χ2v) is 7.97. The van der Waals surface area contributed by atoms with E-state index >= 15 is 0 Å². The number of hydrogen-bond acceptors (Lipinski definition) is 5. The maximum absolute atomic E-state index is 12.1. The molecule has 1 atom stereocenters. The first kappa shape index (κ1) is 17.6. The molecule has 1 rings (SSSR count). The molecule has 1 aromatic heterocycles. The minimum absolute atomic E-state index is 0.153. The van der Waals surface area contributed by atoms with Gasteiger partial charge in [0.15, 0.2) is 0 Å². The molecule has 0 aromatic carbocycles. The number of thiophene rings is 1. The largest absolute Gasteiger partial charge is 0.384 e. The van der Waals surface area contributed by atoms with E-state index in [1.165, 1.54) is 11.3 Å². The quantitative estimate of drug-likeness (QED) is 0.645. The van der Waals surface area contributed by atoms with Crippen molar-refractivity contribution in [3.8, 4) is 0 Å². The van der Waals surface area contributed by atoms with Crippen molar-refractivity contribution in [2.45, 2.75) is 31.0 Å². The molecule has 5 nitrogen and oxygen atoms in total. The van der Waals surface area contributed by atoms with Crippen molar-refractivity contribution in [2.75, 3.05) is 26.8 Å². The van der Waals surface area contributed by atoms with E-state index in [0.29, 0.717) is 23.9 Å². The summed E-state index contributed by atoms with van der Waals surface area (Å²) in [6.45, 7) is 6.63. The highest BCUT2D eigenvalue weighted by molar-refractivity contribution is 7.91. The van der Waals surface area contributed by atoms with Gasteiger partial charge in [0.1, 0.15) is 4.21 Å². The van der Waals surface area contributed by atoms with Crippen molar-refractivity contribution in [3.05, 3.63) is 17.0 Å². The summed E-state index contributed by atoms with van der Waals surface area (Å²) in [7, 11) is -1.79. The summed E-state index contributed by atoms with van der Waals surface area (Å²) < 4.78 is 32.2. The van der Waals surface area contributed by atoms with Crippen molar-refractivity contribution in [2.24, 2.45) is 5.92 Å². The van der Waals surface area contributed by atoms with Crippen LogP contribution in [0.25, 0.3) is 0 Å². The smallest absolute Gasteiger partial charge is 0.250 e. The Hall–Kier alpha value is -0.470. The molecule has 0 aliphatic heterocycles. The van der Waals surface area contributed by atoms with E-state index in [0.717, 1.165) is 17.8 Å². The van der Waals surface area contributed by atoms with Gasteiger partial charge in [0.25, 0.3) is 0 Å². The molecule has 20 heavy (non-hydrogen) atoms. The summed E-state index contributed by atoms with van der Waals surface area (Å²) in [5.41, 5.74) is 0. The van der Waals surface area contributed by atoms with Gasteiger partial charge in [-0.3, -0.25) is 0 Å². The number of ether oxygens (including phenoxy) is 1. The summed E-state index contributed by atoms with van der Waals surface area (Å²) in [6.07, 6.45) is 1.06. The lowest BCUT2D eigenvalue weighted by molar-refractivity contribution is 0.161. The molecule has 7 heteroatoms.